The van der Waals surface area contributed by atoms with Crippen LogP contribution in [0, 0.1) is 17.2 Å². The predicted molar refractivity (Wildman–Crippen MR) is 113 cm³/mol. The minimum Gasteiger partial charge on any atom is -0.303 e. The number of benzene rings is 2. The van der Waals surface area contributed by atoms with Crippen molar-refractivity contribution in [3.63, 3.8) is 0 Å². The Labute approximate surface area is 169 Å². The highest BCUT2D eigenvalue weighted by Gasteiger charge is 2.15. The van der Waals surface area contributed by atoms with Crippen molar-refractivity contribution >= 4 is 17.6 Å². The first-order valence-corrected chi connectivity index (χ1v) is 10.3. The average molecular weight is 390 g/mol. The highest BCUT2D eigenvalue weighted by molar-refractivity contribution is 7.17. The molecule has 4 nitrogen and oxygen atoms in total. The molecule has 0 saturated carbocycles. The van der Waals surface area contributed by atoms with Crippen LogP contribution in [0.4, 0.5) is 0 Å². The Bertz CT molecular complexity index is 1030. The van der Waals surface area contributed by atoms with Crippen LogP contribution >= 0.6 is 11.3 Å². The maximum Gasteiger partial charge on any atom is 0.148 e. The Kier molecular flexibility index (Phi) is 6.33. The molecular weight excluding hydrogens is 366 g/mol. The number of nitriles is 1. The van der Waals surface area contributed by atoms with E-state index in [1.807, 2.05) is 36.4 Å². The standard InChI is InChI=1S/C23H23N3OS/c1-4-20-16(10-11-27)6-5-7-21(20)23-26-25-22(28-23)18-9-8-17(12-15(2)3)19(13-18)14-24/h5-9,11,13,15H,4,10,12H2,1-3H3. The van der Waals surface area contributed by atoms with Gasteiger partial charge in [-0.2, -0.15) is 5.26 Å². The fourth-order valence-electron chi connectivity index (χ4n) is 3.41. The van der Waals surface area contributed by atoms with Crippen molar-refractivity contribution in [1.29, 1.82) is 5.26 Å². The number of aromatic nitrogens is 2. The second-order valence-corrected chi connectivity index (χ2v) is 8.14. The van der Waals surface area contributed by atoms with Gasteiger partial charge in [-0.3, -0.25) is 0 Å². The van der Waals surface area contributed by atoms with Crippen LogP contribution in [0.2, 0.25) is 0 Å². The third-order valence-electron chi connectivity index (χ3n) is 4.69. The molecule has 2 aromatic carbocycles. The highest BCUT2D eigenvalue weighted by atomic mass is 32.1. The van der Waals surface area contributed by atoms with Gasteiger partial charge in [0.25, 0.3) is 0 Å². The van der Waals surface area contributed by atoms with Crippen molar-refractivity contribution in [2.24, 2.45) is 5.92 Å². The van der Waals surface area contributed by atoms with Gasteiger partial charge in [0.15, 0.2) is 0 Å². The summed E-state index contributed by atoms with van der Waals surface area (Å²) in [5.74, 6) is 0.497. The van der Waals surface area contributed by atoms with Gasteiger partial charge in [-0.1, -0.05) is 62.4 Å². The summed E-state index contributed by atoms with van der Waals surface area (Å²) in [6.45, 7) is 6.38. The minimum atomic E-state index is 0.408. The first kappa shape index (κ1) is 19.9. The van der Waals surface area contributed by atoms with Gasteiger partial charge < -0.3 is 4.79 Å². The van der Waals surface area contributed by atoms with Crippen LogP contribution in [0.25, 0.3) is 21.1 Å². The zero-order valence-corrected chi connectivity index (χ0v) is 17.2. The molecule has 0 spiro atoms. The van der Waals surface area contributed by atoms with E-state index in [9.17, 15) is 10.1 Å². The fraction of sp³-hybridized carbons (Fsp3) is 0.304. The summed E-state index contributed by atoms with van der Waals surface area (Å²) in [5.41, 5.74) is 5.89. The van der Waals surface area contributed by atoms with Crippen LogP contribution in [0.15, 0.2) is 36.4 Å². The minimum absolute atomic E-state index is 0.408. The van der Waals surface area contributed by atoms with Crippen LogP contribution in [0.5, 0.6) is 0 Å². The first-order valence-electron chi connectivity index (χ1n) is 9.49. The van der Waals surface area contributed by atoms with Gasteiger partial charge >= 0.3 is 0 Å². The molecule has 0 unspecified atom stereocenters. The summed E-state index contributed by atoms with van der Waals surface area (Å²) < 4.78 is 0. The Morgan fingerprint density at radius 2 is 1.93 bits per heavy atom. The largest absolute Gasteiger partial charge is 0.303 e. The van der Waals surface area contributed by atoms with Gasteiger partial charge in [0.1, 0.15) is 16.3 Å². The third kappa shape index (κ3) is 4.18. The lowest BCUT2D eigenvalue weighted by atomic mass is 9.97. The lowest BCUT2D eigenvalue weighted by molar-refractivity contribution is -0.107. The number of nitrogens with zero attached hydrogens (tertiary/aromatic N) is 3. The molecule has 0 aliphatic carbocycles. The first-order chi connectivity index (χ1) is 13.6. The van der Waals surface area contributed by atoms with Crippen molar-refractivity contribution < 1.29 is 4.79 Å². The van der Waals surface area contributed by atoms with Crippen LogP contribution < -0.4 is 0 Å². The monoisotopic (exact) mass is 389 g/mol. The molecular formula is C23H23N3OS. The van der Waals surface area contributed by atoms with Crippen LogP contribution in [-0.2, 0) is 24.1 Å². The summed E-state index contributed by atoms with van der Waals surface area (Å²) in [6, 6.07) is 14.3. The van der Waals surface area contributed by atoms with Gasteiger partial charge in [0.2, 0.25) is 0 Å². The molecule has 3 aromatic rings. The Morgan fingerprint density at radius 1 is 1.14 bits per heavy atom. The molecule has 142 valence electrons. The Hall–Kier alpha value is -2.84. The van der Waals surface area contributed by atoms with Crippen molar-refractivity contribution in [2.45, 2.75) is 40.0 Å². The zero-order chi connectivity index (χ0) is 20.1. The lowest BCUT2D eigenvalue weighted by Gasteiger charge is -2.09. The molecule has 1 aromatic heterocycles. The van der Waals surface area contributed by atoms with E-state index in [2.05, 4.69) is 37.0 Å². The van der Waals surface area contributed by atoms with E-state index in [0.717, 1.165) is 57.0 Å². The SMILES string of the molecule is CCc1c(CC=O)cccc1-c1nnc(-c2ccc(CC(C)C)c(C#N)c2)s1. The number of carbonyl (C=O) groups is 1. The van der Waals surface area contributed by atoms with Gasteiger partial charge in [0.05, 0.1) is 11.6 Å². The number of aldehydes is 1. The summed E-state index contributed by atoms with van der Waals surface area (Å²) in [4.78, 5) is 11.0. The molecule has 0 atom stereocenters. The molecule has 3 rings (SSSR count). The Balaban J connectivity index is 1.99. The van der Waals surface area contributed by atoms with E-state index in [-0.39, 0.29) is 0 Å². The van der Waals surface area contributed by atoms with Gasteiger partial charge in [-0.15, -0.1) is 10.2 Å². The van der Waals surface area contributed by atoms with E-state index in [0.29, 0.717) is 17.9 Å². The third-order valence-corrected chi connectivity index (χ3v) is 5.70. The molecule has 0 saturated heterocycles. The quantitative estimate of drug-likeness (QED) is 0.518. The van der Waals surface area contributed by atoms with Gasteiger partial charge in [0, 0.05) is 17.5 Å². The molecule has 1 heterocycles. The summed E-state index contributed by atoms with van der Waals surface area (Å²) >= 11 is 1.51. The van der Waals surface area contributed by atoms with Crippen molar-refractivity contribution in [1.82, 2.24) is 10.2 Å². The summed E-state index contributed by atoms with van der Waals surface area (Å²) in [6.07, 6.45) is 3.06. The molecule has 0 aliphatic rings. The number of rotatable bonds is 7. The van der Waals surface area contributed by atoms with Crippen LogP contribution in [-0.4, -0.2) is 16.5 Å². The molecule has 0 fully saturated rings. The highest BCUT2D eigenvalue weighted by Crippen LogP contribution is 2.34. The van der Waals surface area contributed by atoms with E-state index in [1.54, 1.807) is 0 Å². The fourth-order valence-corrected chi connectivity index (χ4v) is 4.31. The molecule has 0 amide bonds. The van der Waals surface area contributed by atoms with E-state index in [1.165, 1.54) is 11.3 Å². The molecule has 0 N–H and O–H groups in total. The summed E-state index contributed by atoms with van der Waals surface area (Å²) in [7, 11) is 0. The van der Waals surface area contributed by atoms with Crippen molar-refractivity contribution in [3.8, 4) is 27.2 Å². The zero-order valence-electron chi connectivity index (χ0n) is 16.4. The number of hydrogen-bond acceptors (Lipinski definition) is 5. The second-order valence-electron chi connectivity index (χ2n) is 7.16. The van der Waals surface area contributed by atoms with Crippen molar-refractivity contribution in [2.75, 3.05) is 0 Å². The molecule has 0 bridgehead atoms. The lowest BCUT2D eigenvalue weighted by Crippen LogP contribution is -1.97. The van der Waals surface area contributed by atoms with Crippen molar-refractivity contribution in [3.05, 3.63) is 58.7 Å². The Morgan fingerprint density at radius 3 is 2.61 bits per heavy atom. The maximum atomic E-state index is 11.0. The topological polar surface area (TPSA) is 66.6 Å². The average Bonchev–Trinajstić information content (AvgIpc) is 3.18. The smallest absolute Gasteiger partial charge is 0.148 e. The molecule has 28 heavy (non-hydrogen) atoms. The van der Waals surface area contributed by atoms with E-state index >= 15 is 0 Å². The van der Waals surface area contributed by atoms with E-state index in [4.69, 9.17) is 0 Å². The van der Waals surface area contributed by atoms with Crippen LogP contribution in [0.3, 0.4) is 0 Å². The molecule has 0 radical (unpaired) electrons. The van der Waals surface area contributed by atoms with Crippen LogP contribution in [0.1, 0.15) is 43.0 Å². The normalized spacial score (nSPS) is 10.8. The van der Waals surface area contributed by atoms with Gasteiger partial charge in [-0.25, -0.2) is 0 Å². The molecule has 5 heteroatoms. The predicted octanol–water partition coefficient (Wildman–Crippen LogP) is 5.25. The van der Waals surface area contributed by atoms with E-state index < -0.39 is 0 Å². The second kappa shape index (κ2) is 8.90. The maximum absolute atomic E-state index is 11.0. The summed E-state index contributed by atoms with van der Waals surface area (Å²) in [5, 5.41) is 19.9. The number of carbonyl (C=O) groups excluding carboxylic acids is 1. The number of hydrogen-bond donors (Lipinski definition) is 0. The molecule has 0 aliphatic heterocycles. The van der Waals surface area contributed by atoms with Gasteiger partial charge in [-0.05, 0) is 41.5 Å².